The Bertz CT molecular complexity index is 590. The summed E-state index contributed by atoms with van der Waals surface area (Å²) in [7, 11) is 0. The van der Waals surface area contributed by atoms with Gasteiger partial charge in [-0.05, 0) is 43.5 Å². The average Bonchev–Trinajstić information content (AvgIpc) is 2.53. The van der Waals surface area contributed by atoms with Gasteiger partial charge in [-0.15, -0.1) is 24.0 Å². The van der Waals surface area contributed by atoms with Crippen molar-refractivity contribution in [2.75, 3.05) is 19.7 Å². The van der Waals surface area contributed by atoms with Gasteiger partial charge in [0.25, 0.3) is 0 Å². The van der Waals surface area contributed by atoms with E-state index in [1.54, 1.807) is 17.9 Å². The number of carbonyl (C=O) groups excluding carboxylic acids is 1. The molecule has 0 aliphatic carbocycles. The van der Waals surface area contributed by atoms with Gasteiger partial charge in [-0.2, -0.15) is 0 Å². The number of nitrogens with two attached hydrogens (primary N) is 1. The predicted molar refractivity (Wildman–Crippen MR) is 110 cm³/mol. The van der Waals surface area contributed by atoms with Crippen LogP contribution < -0.4 is 11.1 Å². The number of nitrogens with one attached hydrogen (secondary N) is 1. The molecule has 3 N–H and O–H groups in total. The molecule has 1 aromatic carbocycles. The minimum Gasteiger partial charge on any atom is -0.450 e. The summed E-state index contributed by atoms with van der Waals surface area (Å²) in [5.74, 6) is 0.0115. The molecule has 9 heteroatoms. The number of ether oxygens (including phenoxy) is 1. The minimum atomic E-state index is -0.313. The minimum absolute atomic E-state index is 0. The van der Waals surface area contributed by atoms with Gasteiger partial charge in [0.2, 0.25) is 0 Å². The topological polar surface area (TPSA) is 80.0 Å². The number of guanidine groups is 1. The molecule has 0 atom stereocenters. The lowest BCUT2D eigenvalue weighted by molar-refractivity contribution is 0.0963. The van der Waals surface area contributed by atoms with E-state index in [1.807, 2.05) is 0 Å². The van der Waals surface area contributed by atoms with Crippen LogP contribution >= 0.6 is 39.9 Å². The van der Waals surface area contributed by atoms with Crippen LogP contribution in [0.2, 0.25) is 0 Å². The first-order chi connectivity index (χ1) is 11.5. The summed E-state index contributed by atoms with van der Waals surface area (Å²) in [6, 6.07) is 4.79. The molecule has 1 saturated heterocycles. The number of aliphatic imine (C=N–C) groups is 1. The fraction of sp³-hybridized carbons (Fsp3) is 0.500. The van der Waals surface area contributed by atoms with Gasteiger partial charge in [0.15, 0.2) is 5.96 Å². The predicted octanol–water partition coefficient (Wildman–Crippen LogP) is 3.23. The summed E-state index contributed by atoms with van der Waals surface area (Å²) in [6.07, 6.45) is 1.29. The van der Waals surface area contributed by atoms with Gasteiger partial charge in [0.05, 0.1) is 13.2 Å². The van der Waals surface area contributed by atoms with E-state index in [4.69, 9.17) is 10.5 Å². The molecule has 1 heterocycles. The second-order valence-corrected chi connectivity index (χ2v) is 6.50. The van der Waals surface area contributed by atoms with Crippen molar-refractivity contribution in [1.29, 1.82) is 0 Å². The van der Waals surface area contributed by atoms with Crippen LogP contribution in [-0.4, -0.2) is 42.7 Å². The normalized spacial score (nSPS) is 15.5. The van der Waals surface area contributed by atoms with Gasteiger partial charge in [-0.25, -0.2) is 14.2 Å². The number of halogens is 3. The van der Waals surface area contributed by atoms with E-state index in [0.29, 0.717) is 36.7 Å². The van der Waals surface area contributed by atoms with Crippen molar-refractivity contribution in [2.45, 2.75) is 32.4 Å². The molecule has 0 spiro atoms. The van der Waals surface area contributed by atoms with Crippen LogP contribution in [0, 0.1) is 5.82 Å². The van der Waals surface area contributed by atoms with Gasteiger partial charge < -0.3 is 20.7 Å². The van der Waals surface area contributed by atoms with Crippen LogP contribution in [0.4, 0.5) is 9.18 Å². The molecule has 0 aromatic heterocycles. The van der Waals surface area contributed by atoms with E-state index in [2.05, 4.69) is 26.2 Å². The fourth-order valence-corrected chi connectivity index (χ4v) is 3.07. The molecule has 0 bridgehead atoms. The van der Waals surface area contributed by atoms with Crippen LogP contribution in [0.3, 0.4) is 0 Å². The average molecular weight is 529 g/mol. The lowest BCUT2D eigenvalue weighted by atomic mass is 10.1. The van der Waals surface area contributed by atoms with Gasteiger partial charge >= 0.3 is 6.09 Å². The number of benzene rings is 1. The Morgan fingerprint density at radius 1 is 1.44 bits per heavy atom. The quantitative estimate of drug-likeness (QED) is 0.357. The largest absolute Gasteiger partial charge is 0.450 e. The maximum Gasteiger partial charge on any atom is 0.409 e. The highest BCUT2D eigenvalue weighted by molar-refractivity contribution is 14.0. The first-order valence-electron chi connectivity index (χ1n) is 7.91. The third kappa shape index (κ3) is 7.35. The molecule has 1 aliphatic rings. The SMILES string of the molecule is CCOC(=O)N1CCC(NC(N)=NCc2cc(F)cc(Br)c2)CC1.I. The molecule has 1 amide bonds. The summed E-state index contributed by atoms with van der Waals surface area (Å²) in [5, 5.41) is 3.15. The Hall–Kier alpha value is -1.10. The van der Waals surface area contributed by atoms with E-state index >= 15 is 0 Å². The van der Waals surface area contributed by atoms with Crippen LogP contribution in [-0.2, 0) is 11.3 Å². The van der Waals surface area contributed by atoms with E-state index < -0.39 is 0 Å². The van der Waals surface area contributed by atoms with Crippen molar-refractivity contribution in [1.82, 2.24) is 10.2 Å². The highest BCUT2D eigenvalue weighted by Gasteiger charge is 2.23. The smallest absolute Gasteiger partial charge is 0.409 e. The lowest BCUT2D eigenvalue weighted by Crippen LogP contribution is -2.48. The van der Waals surface area contributed by atoms with Crippen molar-refractivity contribution in [2.24, 2.45) is 10.7 Å². The van der Waals surface area contributed by atoms with E-state index in [1.165, 1.54) is 12.1 Å². The second kappa shape index (κ2) is 10.8. The second-order valence-electron chi connectivity index (χ2n) is 5.58. The maximum atomic E-state index is 13.3. The van der Waals surface area contributed by atoms with Gasteiger partial charge in [-0.3, -0.25) is 0 Å². The first kappa shape index (κ1) is 21.9. The van der Waals surface area contributed by atoms with Crippen LogP contribution in [0.25, 0.3) is 0 Å². The molecule has 6 nitrogen and oxygen atoms in total. The van der Waals surface area contributed by atoms with Crippen molar-refractivity contribution in [3.05, 3.63) is 34.1 Å². The Labute approximate surface area is 172 Å². The molecule has 1 fully saturated rings. The third-order valence-electron chi connectivity index (χ3n) is 3.73. The first-order valence-corrected chi connectivity index (χ1v) is 8.70. The Balaban J connectivity index is 0.00000312. The van der Waals surface area contributed by atoms with Gasteiger partial charge in [0.1, 0.15) is 5.82 Å². The van der Waals surface area contributed by atoms with Gasteiger partial charge in [0, 0.05) is 23.6 Å². The molecular formula is C16H23BrFIN4O2. The molecule has 25 heavy (non-hydrogen) atoms. The van der Waals surface area contributed by atoms with Crippen molar-refractivity contribution in [3.8, 4) is 0 Å². The molecule has 1 aliphatic heterocycles. The summed E-state index contributed by atoms with van der Waals surface area (Å²) in [4.78, 5) is 17.6. The number of likely N-dealkylation sites (tertiary alicyclic amines) is 1. The monoisotopic (exact) mass is 528 g/mol. The van der Waals surface area contributed by atoms with E-state index in [9.17, 15) is 9.18 Å². The Morgan fingerprint density at radius 3 is 2.72 bits per heavy atom. The zero-order valence-corrected chi connectivity index (χ0v) is 17.9. The van der Waals surface area contributed by atoms with E-state index in [0.717, 1.165) is 18.4 Å². The molecule has 2 rings (SSSR count). The Kier molecular flexibility index (Phi) is 9.47. The van der Waals surface area contributed by atoms with Crippen LogP contribution in [0.1, 0.15) is 25.3 Å². The van der Waals surface area contributed by atoms with Crippen molar-refractivity contribution < 1.29 is 13.9 Å². The number of carbonyl (C=O) groups is 1. The number of nitrogens with zero attached hydrogens (tertiary/aromatic N) is 2. The van der Waals surface area contributed by atoms with Crippen molar-refractivity contribution in [3.63, 3.8) is 0 Å². The zero-order valence-electron chi connectivity index (χ0n) is 14.0. The summed E-state index contributed by atoms with van der Waals surface area (Å²) < 4.78 is 19.0. The van der Waals surface area contributed by atoms with E-state index in [-0.39, 0.29) is 41.9 Å². The standard InChI is InChI=1S/C16H22BrFN4O2.HI/c1-2-24-16(23)22-5-3-14(4-6-22)21-15(19)20-10-11-7-12(17)9-13(18)8-11;/h7-9,14H,2-6,10H2,1H3,(H3,19,20,21);1H. The lowest BCUT2D eigenvalue weighted by Gasteiger charge is -2.31. The zero-order chi connectivity index (χ0) is 17.5. The number of amides is 1. The molecular weight excluding hydrogens is 506 g/mol. The maximum absolute atomic E-state index is 13.3. The summed E-state index contributed by atoms with van der Waals surface area (Å²) in [5.41, 5.74) is 6.64. The summed E-state index contributed by atoms with van der Waals surface area (Å²) in [6.45, 7) is 3.73. The van der Waals surface area contributed by atoms with Gasteiger partial charge in [-0.1, -0.05) is 15.9 Å². The third-order valence-corrected chi connectivity index (χ3v) is 4.19. The van der Waals surface area contributed by atoms with Crippen molar-refractivity contribution >= 4 is 52.0 Å². The molecule has 0 unspecified atom stereocenters. The number of piperidine rings is 1. The molecule has 0 radical (unpaired) electrons. The number of rotatable bonds is 4. The van der Waals surface area contributed by atoms with Crippen LogP contribution in [0.5, 0.6) is 0 Å². The Morgan fingerprint density at radius 2 is 2.12 bits per heavy atom. The number of hydrogen-bond acceptors (Lipinski definition) is 3. The molecule has 140 valence electrons. The summed E-state index contributed by atoms with van der Waals surface area (Å²) >= 11 is 3.25. The molecule has 0 saturated carbocycles. The fourth-order valence-electron chi connectivity index (χ4n) is 2.55. The highest BCUT2D eigenvalue weighted by Crippen LogP contribution is 2.15. The molecule has 1 aromatic rings. The highest BCUT2D eigenvalue weighted by atomic mass is 127. The number of hydrogen-bond donors (Lipinski definition) is 2. The van der Waals surface area contributed by atoms with Crippen LogP contribution in [0.15, 0.2) is 27.7 Å².